The number of imidazole rings is 1. The predicted molar refractivity (Wildman–Crippen MR) is 77.3 cm³/mol. The van der Waals surface area contributed by atoms with E-state index in [1.807, 2.05) is 0 Å². The minimum absolute atomic E-state index is 0.158. The number of likely N-dealkylation sites (tertiary alicyclic amines) is 1. The predicted octanol–water partition coefficient (Wildman–Crippen LogP) is 1.94. The summed E-state index contributed by atoms with van der Waals surface area (Å²) in [7, 11) is 1.48. The molecular weight excluding hydrogens is 327 g/mol. The Balaban J connectivity index is 1.72. The standard InChI is InChI=1S/C15H20F3N3O3/c1-23-14(4-6-24-9-14)13(22)21-5-2-3-10(8-21)12-19-7-11(20-12)15(16,17)18/h7,10H,2-6,8-9H2,1H3,(H,19,20). The normalized spacial score (nSPS) is 28.3. The summed E-state index contributed by atoms with van der Waals surface area (Å²) in [5.74, 6) is -0.126. The zero-order chi connectivity index (χ0) is 17.4. The number of hydrogen-bond acceptors (Lipinski definition) is 4. The van der Waals surface area contributed by atoms with Crippen LogP contribution in [0.15, 0.2) is 6.20 Å². The average Bonchev–Trinajstić information content (AvgIpc) is 3.24. The van der Waals surface area contributed by atoms with Crippen LogP contribution in [0.3, 0.4) is 0 Å². The van der Waals surface area contributed by atoms with Crippen molar-refractivity contribution in [2.75, 3.05) is 33.4 Å². The molecule has 1 aromatic heterocycles. The molecule has 1 aromatic rings. The van der Waals surface area contributed by atoms with Crippen molar-refractivity contribution in [3.63, 3.8) is 0 Å². The number of methoxy groups -OCH3 is 1. The number of amides is 1. The van der Waals surface area contributed by atoms with Gasteiger partial charge in [-0.2, -0.15) is 13.2 Å². The second kappa shape index (κ2) is 6.36. The van der Waals surface area contributed by atoms with Gasteiger partial charge in [0, 0.05) is 32.5 Å². The number of H-pyrrole nitrogens is 1. The average molecular weight is 347 g/mol. The van der Waals surface area contributed by atoms with Crippen molar-refractivity contribution < 1.29 is 27.4 Å². The lowest BCUT2D eigenvalue weighted by molar-refractivity contribution is -0.156. The molecule has 0 aliphatic carbocycles. The largest absolute Gasteiger partial charge is 0.432 e. The number of nitrogens with zero attached hydrogens (tertiary/aromatic N) is 2. The fourth-order valence-corrected chi connectivity index (χ4v) is 3.32. The highest BCUT2D eigenvalue weighted by Crippen LogP contribution is 2.33. The summed E-state index contributed by atoms with van der Waals surface area (Å²) in [4.78, 5) is 20.7. The van der Waals surface area contributed by atoms with E-state index in [1.165, 1.54) is 7.11 Å². The van der Waals surface area contributed by atoms with Crippen molar-refractivity contribution in [2.45, 2.75) is 37.0 Å². The second-order valence-corrected chi connectivity index (χ2v) is 6.27. The molecule has 2 saturated heterocycles. The third kappa shape index (κ3) is 3.14. The number of aromatic nitrogens is 2. The molecule has 2 atom stereocenters. The molecule has 1 N–H and O–H groups in total. The van der Waals surface area contributed by atoms with Crippen LogP contribution >= 0.6 is 0 Å². The lowest BCUT2D eigenvalue weighted by Crippen LogP contribution is -2.53. The summed E-state index contributed by atoms with van der Waals surface area (Å²) in [6.45, 7) is 1.56. The molecule has 3 rings (SSSR count). The van der Waals surface area contributed by atoms with Crippen LogP contribution in [0, 0.1) is 0 Å². The first-order valence-corrected chi connectivity index (χ1v) is 7.90. The summed E-state index contributed by atoms with van der Waals surface area (Å²) in [6, 6.07) is 0. The van der Waals surface area contributed by atoms with E-state index < -0.39 is 17.5 Å². The Morgan fingerprint density at radius 2 is 2.33 bits per heavy atom. The molecule has 3 heterocycles. The van der Waals surface area contributed by atoms with Crippen LogP contribution in [0.4, 0.5) is 13.2 Å². The SMILES string of the molecule is COC1(C(=O)N2CCCC(c3ncc(C(F)(F)F)[nH]3)C2)CCOC1. The summed E-state index contributed by atoms with van der Waals surface area (Å²) < 4.78 is 48.8. The van der Waals surface area contributed by atoms with E-state index in [0.29, 0.717) is 39.0 Å². The Morgan fingerprint density at radius 1 is 1.54 bits per heavy atom. The van der Waals surface area contributed by atoms with Gasteiger partial charge in [0.25, 0.3) is 5.91 Å². The van der Waals surface area contributed by atoms with Crippen molar-refractivity contribution in [3.05, 3.63) is 17.7 Å². The van der Waals surface area contributed by atoms with Crippen molar-refractivity contribution >= 4 is 5.91 Å². The van der Waals surface area contributed by atoms with Gasteiger partial charge in [-0.1, -0.05) is 0 Å². The summed E-state index contributed by atoms with van der Waals surface area (Å²) in [5, 5.41) is 0. The van der Waals surface area contributed by atoms with E-state index in [4.69, 9.17) is 9.47 Å². The number of rotatable bonds is 3. The molecule has 134 valence electrons. The topological polar surface area (TPSA) is 67.5 Å². The molecule has 0 aromatic carbocycles. The molecule has 9 heteroatoms. The fraction of sp³-hybridized carbons (Fsp3) is 0.733. The number of nitrogens with one attached hydrogen (secondary N) is 1. The third-order valence-electron chi connectivity index (χ3n) is 4.76. The van der Waals surface area contributed by atoms with Crippen LogP contribution in [-0.2, 0) is 20.4 Å². The zero-order valence-electron chi connectivity index (χ0n) is 13.4. The molecular formula is C15H20F3N3O3. The number of alkyl halides is 3. The van der Waals surface area contributed by atoms with Crippen LogP contribution in [0.1, 0.15) is 36.7 Å². The molecule has 2 aliphatic rings. The minimum atomic E-state index is -4.45. The molecule has 0 bridgehead atoms. The number of hydrogen-bond donors (Lipinski definition) is 1. The number of carbonyl (C=O) groups is 1. The van der Waals surface area contributed by atoms with E-state index in [0.717, 1.165) is 6.20 Å². The van der Waals surface area contributed by atoms with Crippen molar-refractivity contribution in [2.24, 2.45) is 0 Å². The maximum absolute atomic E-state index is 12.8. The third-order valence-corrected chi connectivity index (χ3v) is 4.76. The second-order valence-electron chi connectivity index (χ2n) is 6.27. The molecule has 2 aliphatic heterocycles. The molecule has 0 radical (unpaired) electrons. The molecule has 2 fully saturated rings. The highest BCUT2D eigenvalue weighted by atomic mass is 19.4. The number of halogens is 3. The van der Waals surface area contributed by atoms with Gasteiger partial charge >= 0.3 is 6.18 Å². The molecule has 6 nitrogen and oxygen atoms in total. The Kier molecular flexibility index (Phi) is 4.56. The lowest BCUT2D eigenvalue weighted by atomic mass is 9.94. The lowest BCUT2D eigenvalue weighted by Gasteiger charge is -2.37. The van der Waals surface area contributed by atoms with Gasteiger partial charge in [0.2, 0.25) is 0 Å². The van der Waals surface area contributed by atoms with Crippen LogP contribution in [0.2, 0.25) is 0 Å². The van der Waals surface area contributed by atoms with Gasteiger partial charge in [-0.05, 0) is 12.8 Å². The van der Waals surface area contributed by atoms with Gasteiger partial charge in [0.05, 0.1) is 19.4 Å². The Labute approximate surface area is 137 Å². The Bertz CT molecular complexity index is 596. The van der Waals surface area contributed by atoms with Crippen molar-refractivity contribution in [3.8, 4) is 0 Å². The van der Waals surface area contributed by atoms with E-state index >= 15 is 0 Å². The summed E-state index contributed by atoms with van der Waals surface area (Å²) in [5.41, 5.74) is -1.83. The number of piperidine rings is 1. The van der Waals surface area contributed by atoms with Gasteiger partial charge in [0.15, 0.2) is 5.60 Å². The van der Waals surface area contributed by atoms with E-state index in [1.54, 1.807) is 4.90 Å². The molecule has 2 unspecified atom stereocenters. The Morgan fingerprint density at radius 3 is 2.92 bits per heavy atom. The first-order valence-electron chi connectivity index (χ1n) is 7.90. The van der Waals surface area contributed by atoms with Crippen molar-refractivity contribution in [1.29, 1.82) is 0 Å². The summed E-state index contributed by atoms with van der Waals surface area (Å²) >= 11 is 0. The monoisotopic (exact) mass is 347 g/mol. The number of carbonyl (C=O) groups excluding carboxylic acids is 1. The van der Waals surface area contributed by atoms with E-state index in [-0.39, 0.29) is 24.3 Å². The van der Waals surface area contributed by atoms with Crippen molar-refractivity contribution in [1.82, 2.24) is 14.9 Å². The highest BCUT2D eigenvalue weighted by molar-refractivity contribution is 5.86. The van der Waals surface area contributed by atoms with Crippen LogP contribution in [0.25, 0.3) is 0 Å². The van der Waals surface area contributed by atoms with Gasteiger partial charge in [-0.3, -0.25) is 4.79 Å². The highest BCUT2D eigenvalue weighted by Gasteiger charge is 2.46. The van der Waals surface area contributed by atoms with Crippen LogP contribution < -0.4 is 0 Å². The minimum Gasteiger partial charge on any atom is -0.378 e. The molecule has 0 spiro atoms. The molecule has 0 saturated carbocycles. The van der Waals surface area contributed by atoms with Crippen LogP contribution in [-0.4, -0.2) is 59.8 Å². The fourth-order valence-electron chi connectivity index (χ4n) is 3.32. The maximum Gasteiger partial charge on any atom is 0.432 e. The van der Waals surface area contributed by atoms with Gasteiger partial charge in [-0.15, -0.1) is 0 Å². The van der Waals surface area contributed by atoms with Gasteiger partial charge in [-0.25, -0.2) is 4.98 Å². The quantitative estimate of drug-likeness (QED) is 0.907. The summed E-state index contributed by atoms with van der Waals surface area (Å²) in [6.07, 6.45) is -1.76. The van der Waals surface area contributed by atoms with Gasteiger partial charge < -0.3 is 19.4 Å². The van der Waals surface area contributed by atoms with E-state index in [9.17, 15) is 18.0 Å². The maximum atomic E-state index is 12.8. The molecule has 1 amide bonds. The Hall–Kier alpha value is -1.61. The van der Waals surface area contributed by atoms with E-state index in [2.05, 4.69) is 9.97 Å². The zero-order valence-corrected chi connectivity index (χ0v) is 13.4. The first kappa shape index (κ1) is 17.2. The van der Waals surface area contributed by atoms with Crippen LogP contribution in [0.5, 0.6) is 0 Å². The van der Waals surface area contributed by atoms with Gasteiger partial charge in [0.1, 0.15) is 11.5 Å². The number of aromatic amines is 1. The molecule has 24 heavy (non-hydrogen) atoms. The number of ether oxygens (including phenoxy) is 2. The first-order chi connectivity index (χ1) is 11.4. The smallest absolute Gasteiger partial charge is 0.378 e.